The summed E-state index contributed by atoms with van der Waals surface area (Å²) in [5, 5.41) is 9.69. The van der Waals surface area contributed by atoms with Crippen LogP contribution in [0.15, 0.2) is 90.0 Å². The van der Waals surface area contributed by atoms with E-state index in [9.17, 15) is 10.1 Å². The highest BCUT2D eigenvalue weighted by atomic mass is 16.5. The maximum atomic E-state index is 13.8. The number of aromatic nitrogens is 2. The molecule has 6 nitrogen and oxygen atoms in total. The van der Waals surface area contributed by atoms with E-state index in [1.54, 1.807) is 35.2 Å². The molecule has 0 aliphatic carbocycles. The molecular weight excluding hydrogens is 460 g/mol. The number of nitriles is 1. The number of pyridine rings is 2. The van der Waals surface area contributed by atoms with Crippen LogP contribution in [-0.4, -0.2) is 32.8 Å². The molecule has 1 unspecified atom stereocenters. The minimum atomic E-state index is -0.224. The SMILES string of the molecule is CC(C)N(C(C)C)C(C)Oc1cccc(-n2cc(-c3ccccn3)cc(-c3ccccc3C#N)c2=O)c1. The normalized spacial score (nSPS) is 12.1. The number of benzene rings is 2. The molecule has 0 amide bonds. The summed E-state index contributed by atoms with van der Waals surface area (Å²) in [6, 6.07) is 25.0. The fourth-order valence-electron chi connectivity index (χ4n) is 4.86. The van der Waals surface area contributed by atoms with Crippen molar-refractivity contribution in [2.24, 2.45) is 0 Å². The van der Waals surface area contributed by atoms with Gasteiger partial charge in [0.15, 0.2) is 0 Å². The third-order valence-electron chi connectivity index (χ3n) is 6.33. The van der Waals surface area contributed by atoms with Gasteiger partial charge >= 0.3 is 0 Å². The Morgan fingerprint density at radius 2 is 1.62 bits per heavy atom. The highest BCUT2D eigenvalue weighted by Crippen LogP contribution is 2.27. The first kappa shape index (κ1) is 25.9. The van der Waals surface area contributed by atoms with Crippen molar-refractivity contribution in [2.75, 3.05) is 0 Å². The Balaban J connectivity index is 1.84. The molecular formula is C31H32N4O2. The van der Waals surface area contributed by atoms with Gasteiger partial charge in [-0.1, -0.05) is 30.3 Å². The lowest BCUT2D eigenvalue weighted by atomic mass is 9.99. The van der Waals surface area contributed by atoms with Gasteiger partial charge in [-0.15, -0.1) is 0 Å². The van der Waals surface area contributed by atoms with Gasteiger partial charge in [0.25, 0.3) is 5.56 Å². The van der Waals surface area contributed by atoms with Crippen molar-refractivity contribution in [2.45, 2.75) is 52.9 Å². The van der Waals surface area contributed by atoms with Crippen molar-refractivity contribution in [1.82, 2.24) is 14.5 Å². The van der Waals surface area contributed by atoms with Crippen LogP contribution in [0.4, 0.5) is 0 Å². The first-order valence-electron chi connectivity index (χ1n) is 12.5. The van der Waals surface area contributed by atoms with Crippen LogP contribution < -0.4 is 10.3 Å². The van der Waals surface area contributed by atoms with Crippen LogP contribution in [0.3, 0.4) is 0 Å². The molecule has 0 saturated heterocycles. The number of hydrogen-bond acceptors (Lipinski definition) is 5. The standard InChI is InChI=1S/C31H32N4O2/c1-21(2)35(22(3)4)23(5)37-27-13-10-12-26(18-27)34-20-25(30-15-8-9-16-33-30)17-29(31(34)36)28-14-7-6-11-24(28)19-32/h6-18,20-23H,1-5H3. The van der Waals surface area contributed by atoms with Crippen LogP contribution in [0.2, 0.25) is 0 Å². The predicted octanol–water partition coefficient (Wildman–Crippen LogP) is 6.28. The Bertz CT molecular complexity index is 1460. The van der Waals surface area contributed by atoms with Crippen molar-refractivity contribution < 1.29 is 4.74 Å². The Hall–Kier alpha value is -4.21. The summed E-state index contributed by atoms with van der Waals surface area (Å²) in [5.41, 5.74) is 3.42. The van der Waals surface area contributed by atoms with E-state index in [2.05, 4.69) is 43.6 Å². The molecule has 0 radical (unpaired) electrons. The summed E-state index contributed by atoms with van der Waals surface area (Å²) in [7, 11) is 0. The van der Waals surface area contributed by atoms with E-state index >= 15 is 0 Å². The first-order valence-corrected chi connectivity index (χ1v) is 12.5. The Morgan fingerprint density at radius 1 is 0.892 bits per heavy atom. The minimum absolute atomic E-state index is 0.148. The molecule has 37 heavy (non-hydrogen) atoms. The quantitative estimate of drug-likeness (QED) is 0.271. The number of rotatable bonds is 8. The fraction of sp³-hybridized carbons (Fsp3) is 0.258. The fourth-order valence-corrected chi connectivity index (χ4v) is 4.86. The summed E-state index contributed by atoms with van der Waals surface area (Å²) in [5.74, 6) is 0.672. The highest BCUT2D eigenvalue weighted by Gasteiger charge is 2.22. The molecule has 0 fully saturated rings. The molecule has 2 heterocycles. The van der Waals surface area contributed by atoms with E-state index in [1.165, 1.54) is 0 Å². The third-order valence-corrected chi connectivity index (χ3v) is 6.33. The van der Waals surface area contributed by atoms with Crippen molar-refractivity contribution in [3.8, 4) is 39.9 Å². The molecule has 4 aromatic rings. The lowest BCUT2D eigenvalue weighted by Crippen LogP contribution is -2.46. The molecule has 188 valence electrons. The van der Waals surface area contributed by atoms with Crippen LogP contribution in [0.1, 0.15) is 40.2 Å². The van der Waals surface area contributed by atoms with Gasteiger partial charge in [-0.3, -0.25) is 19.2 Å². The minimum Gasteiger partial charge on any atom is -0.475 e. The lowest BCUT2D eigenvalue weighted by molar-refractivity contribution is -0.00560. The zero-order chi connectivity index (χ0) is 26.5. The van der Waals surface area contributed by atoms with Gasteiger partial charge in [0.1, 0.15) is 12.0 Å². The molecule has 0 bridgehead atoms. The van der Waals surface area contributed by atoms with Crippen molar-refractivity contribution in [3.63, 3.8) is 0 Å². The van der Waals surface area contributed by atoms with Gasteiger partial charge < -0.3 is 4.74 Å². The van der Waals surface area contributed by atoms with Gasteiger partial charge in [-0.2, -0.15) is 5.26 Å². The number of ether oxygens (including phenoxy) is 1. The zero-order valence-corrected chi connectivity index (χ0v) is 21.9. The molecule has 6 heteroatoms. The smallest absolute Gasteiger partial charge is 0.263 e. The van der Waals surface area contributed by atoms with E-state index < -0.39 is 0 Å². The van der Waals surface area contributed by atoms with Gasteiger partial charge in [-0.05, 0) is 71.0 Å². The van der Waals surface area contributed by atoms with Crippen molar-refractivity contribution >= 4 is 0 Å². The van der Waals surface area contributed by atoms with Crippen LogP contribution in [-0.2, 0) is 0 Å². The summed E-state index contributed by atoms with van der Waals surface area (Å²) >= 11 is 0. The molecule has 2 aromatic heterocycles. The topological polar surface area (TPSA) is 71.2 Å². The van der Waals surface area contributed by atoms with Crippen LogP contribution >= 0.6 is 0 Å². The van der Waals surface area contributed by atoms with E-state index in [4.69, 9.17) is 4.74 Å². The monoisotopic (exact) mass is 492 g/mol. The van der Waals surface area contributed by atoms with E-state index in [0.29, 0.717) is 40.2 Å². The summed E-state index contributed by atoms with van der Waals surface area (Å²) in [6.45, 7) is 10.6. The van der Waals surface area contributed by atoms with E-state index in [1.807, 2.05) is 61.5 Å². The van der Waals surface area contributed by atoms with Crippen LogP contribution in [0.5, 0.6) is 5.75 Å². The summed E-state index contributed by atoms with van der Waals surface area (Å²) in [4.78, 5) is 20.6. The summed E-state index contributed by atoms with van der Waals surface area (Å²) < 4.78 is 7.93. The second-order valence-corrected chi connectivity index (χ2v) is 9.54. The molecule has 0 saturated carbocycles. The maximum absolute atomic E-state index is 13.8. The van der Waals surface area contributed by atoms with Crippen molar-refractivity contribution in [3.05, 3.63) is 101 Å². The average molecular weight is 493 g/mol. The molecule has 0 N–H and O–H groups in total. The maximum Gasteiger partial charge on any atom is 0.263 e. The van der Waals surface area contributed by atoms with E-state index in [-0.39, 0.29) is 11.8 Å². The summed E-state index contributed by atoms with van der Waals surface area (Å²) in [6.07, 6.45) is 3.36. The van der Waals surface area contributed by atoms with Crippen LogP contribution in [0, 0.1) is 11.3 Å². The molecule has 1 atom stereocenters. The van der Waals surface area contributed by atoms with E-state index in [0.717, 1.165) is 11.3 Å². The Kier molecular flexibility index (Phi) is 7.86. The second kappa shape index (κ2) is 11.2. The highest BCUT2D eigenvalue weighted by molar-refractivity contribution is 5.75. The second-order valence-electron chi connectivity index (χ2n) is 9.54. The predicted molar refractivity (Wildman–Crippen MR) is 148 cm³/mol. The third kappa shape index (κ3) is 5.63. The zero-order valence-electron chi connectivity index (χ0n) is 21.9. The van der Waals surface area contributed by atoms with Crippen LogP contribution in [0.25, 0.3) is 28.1 Å². The largest absolute Gasteiger partial charge is 0.475 e. The van der Waals surface area contributed by atoms with Gasteiger partial charge in [0.05, 0.1) is 23.0 Å². The van der Waals surface area contributed by atoms with Gasteiger partial charge in [0.2, 0.25) is 0 Å². The Morgan fingerprint density at radius 3 is 2.30 bits per heavy atom. The average Bonchev–Trinajstić information content (AvgIpc) is 2.89. The van der Waals surface area contributed by atoms with Gasteiger partial charge in [0, 0.05) is 47.2 Å². The molecule has 2 aromatic carbocycles. The number of nitrogens with zero attached hydrogens (tertiary/aromatic N) is 4. The molecule has 0 spiro atoms. The Labute approximate surface area is 218 Å². The molecule has 0 aliphatic rings. The molecule has 4 rings (SSSR count). The van der Waals surface area contributed by atoms with Gasteiger partial charge in [-0.25, -0.2) is 0 Å². The van der Waals surface area contributed by atoms with Crippen molar-refractivity contribution in [1.29, 1.82) is 5.26 Å². The first-order chi connectivity index (χ1) is 17.8. The lowest BCUT2D eigenvalue weighted by Gasteiger charge is -2.36. The molecule has 0 aliphatic heterocycles. The number of hydrogen-bond donors (Lipinski definition) is 0.